The van der Waals surface area contributed by atoms with E-state index in [1.807, 2.05) is 6.92 Å². The Hall–Kier alpha value is -0.870. The van der Waals surface area contributed by atoms with Crippen LogP contribution in [-0.4, -0.2) is 64.6 Å². The van der Waals surface area contributed by atoms with E-state index in [9.17, 15) is 8.42 Å². The van der Waals surface area contributed by atoms with Crippen molar-refractivity contribution in [3.05, 3.63) is 16.5 Å². The topological polar surface area (TPSA) is 85.8 Å². The van der Waals surface area contributed by atoms with Gasteiger partial charge in [-0.15, -0.1) is 11.3 Å². The number of thiophene rings is 1. The van der Waals surface area contributed by atoms with E-state index in [2.05, 4.69) is 32.2 Å². The van der Waals surface area contributed by atoms with Gasteiger partial charge < -0.3 is 10.6 Å². The molecule has 1 aromatic heterocycles. The maximum absolute atomic E-state index is 12.1. The molecular formula is C16H28ClN5O2S2. The Labute approximate surface area is 165 Å². The van der Waals surface area contributed by atoms with Crippen LogP contribution in [0.2, 0.25) is 4.34 Å². The third kappa shape index (κ3) is 6.38. The fraction of sp³-hybridized carbons (Fsp3) is 0.688. The van der Waals surface area contributed by atoms with Crippen molar-refractivity contribution in [2.24, 2.45) is 4.99 Å². The SMILES string of the molecule is CCNC(=NCC1CCCN1CC)NCCNS(=O)(=O)c1ccc(Cl)s1. The molecule has 1 aliphatic rings. The summed E-state index contributed by atoms with van der Waals surface area (Å²) in [5.74, 6) is 0.716. The molecule has 0 radical (unpaired) electrons. The minimum absolute atomic E-state index is 0.226. The maximum atomic E-state index is 12.1. The van der Waals surface area contributed by atoms with Gasteiger partial charge in [0, 0.05) is 25.7 Å². The lowest BCUT2D eigenvalue weighted by atomic mass is 10.2. The number of hydrogen-bond donors (Lipinski definition) is 3. The maximum Gasteiger partial charge on any atom is 0.250 e. The molecule has 26 heavy (non-hydrogen) atoms. The van der Waals surface area contributed by atoms with Crippen LogP contribution < -0.4 is 15.4 Å². The summed E-state index contributed by atoms with van der Waals surface area (Å²) in [5.41, 5.74) is 0. The predicted octanol–water partition coefficient (Wildman–Crippen LogP) is 1.72. The fourth-order valence-corrected chi connectivity index (χ4v) is 5.50. The first kappa shape index (κ1) is 21.4. The molecule has 2 rings (SSSR count). The Morgan fingerprint density at radius 1 is 1.35 bits per heavy atom. The second kappa shape index (κ2) is 10.5. The molecule has 0 aliphatic carbocycles. The van der Waals surface area contributed by atoms with Crippen LogP contribution >= 0.6 is 22.9 Å². The number of likely N-dealkylation sites (tertiary alicyclic amines) is 1. The first-order valence-corrected chi connectivity index (χ1v) is 11.6. The van der Waals surface area contributed by atoms with Crippen molar-refractivity contribution in [2.75, 3.05) is 39.3 Å². The van der Waals surface area contributed by atoms with Crippen molar-refractivity contribution in [2.45, 2.75) is 36.9 Å². The monoisotopic (exact) mass is 421 g/mol. The van der Waals surface area contributed by atoms with Crippen LogP contribution in [0.15, 0.2) is 21.3 Å². The van der Waals surface area contributed by atoms with Gasteiger partial charge in [-0.1, -0.05) is 18.5 Å². The van der Waals surface area contributed by atoms with Gasteiger partial charge in [-0.2, -0.15) is 0 Å². The number of likely N-dealkylation sites (N-methyl/N-ethyl adjacent to an activating group) is 1. The summed E-state index contributed by atoms with van der Waals surface area (Å²) in [6.45, 7) is 8.62. The predicted molar refractivity (Wildman–Crippen MR) is 109 cm³/mol. The number of aliphatic imine (C=N–C) groups is 1. The lowest BCUT2D eigenvalue weighted by molar-refractivity contribution is 0.273. The average molecular weight is 422 g/mol. The number of hydrogen-bond acceptors (Lipinski definition) is 5. The molecule has 0 amide bonds. The van der Waals surface area contributed by atoms with Gasteiger partial charge in [-0.25, -0.2) is 13.1 Å². The zero-order valence-corrected chi connectivity index (χ0v) is 17.7. The second-order valence-electron chi connectivity index (χ2n) is 6.03. The Bertz CT molecular complexity index is 693. The van der Waals surface area contributed by atoms with Crippen LogP contribution in [0.5, 0.6) is 0 Å². The van der Waals surface area contributed by atoms with Crippen LogP contribution in [0, 0.1) is 0 Å². The number of rotatable bonds is 9. The molecule has 148 valence electrons. The van der Waals surface area contributed by atoms with Gasteiger partial charge in [-0.05, 0) is 45.0 Å². The van der Waals surface area contributed by atoms with Gasteiger partial charge >= 0.3 is 0 Å². The number of halogens is 1. The van der Waals surface area contributed by atoms with Crippen molar-refractivity contribution in [3.8, 4) is 0 Å². The molecular weight excluding hydrogens is 394 g/mol. The summed E-state index contributed by atoms with van der Waals surface area (Å²) in [7, 11) is -3.51. The van der Waals surface area contributed by atoms with Crippen LogP contribution in [0.25, 0.3) is 0 Å². The van der Waals surface area contributed by atoms with E-state index in [1.54, 1.807) is 6.07 Å². The molecule has 0 saturated carbocycles. The Morgan fingerprint density at radius 3 is 2.81 bits per heavy atom. The lowest BCUT2D eigenvalue weighted by Gasteiger charge is -2.21. The summed E-state index contributed by atoms with van der Waals surface area (Å²) in [6.07, 6.45) is 2.41. The smallest absolute Gasteiger partial charge is 0.250 e. The number of nitrogens with zero attached hydrogens (tertiary/aromatic N) is 2. The number of guanidine groups is 1. The molecule has 10 heteroatoms. The summed E-state index contributed by atoms with van der Waals surface area (Å²) >= 11 is 6.85. The van der Waals surface area contributed by atoms with Crippen molar-refractivity contribution in [1.29, 1.82) is 0 Å². The minimum Gasteiger partial charge on any atom is -0.357 e. The third-order valence-corrected chi connectivity index (χ3v) is 7.42. The van der Waals surface area contributed by atoms with Crippen molar-refractivity contribution >= 4 is 38.9 Å². The van der Waals surface area contributed by atoms with Gasteiger partial charge in [0.1, 0.15) is 4.21 Å². The van der Waals surface area contributed by atoms with Crippen molar-refractivity contribution in [3.63, 3.8) is 0 Å². The quantitative estimate of drug-likeness (QED) is 0.321. The summed E-state index contributed by atoms with van der Waals surface area (Å²) in [4.78, 5) is 7.10. The second-order valence-corrected chi connectivity index (χ2v) is 9.74. The highest BCUT2D eigenvalue weighted by molar-refractivity contribution is 7.91. The summed E-state index contributed by atoms with van der Waals surface area (Å²) < 4.78 is 27.5. The Balaban J connectivity index is 1.80. The van der Waals surface area contributed by atoms with E-state index in [0.29, 0.717) is 22.9 Å². The summed E-state index contributed by atoms with van der Waals surface area (Å²) in [6, 6.07) is 3.59. The van der Waals surface area contributed by atoms with Gasteiger partial charge in [0.2, 0.25) is 10.0 Å². The first-order valence-electron chi connectivity index (χ1n) is 8.97. The van der Waals surface area contributed by atoms with Crippen molar-refractivity contribution < 1.29 is 8.42 Å². The van der Waals surface area contributed by atoms with Gasteiger partial charge in [0.15, 0.2) is 5.96 Å². The van der Waals surface area contributed by atoms with Gasteiger partial charge in [0.05, 0.1) is 10.9 Å². The molecule has 2 heterocycles. The highest BCUT2D eigenvalue weighted by Gasteiger charge is 2.22. The largest absolute Gasteiger partial charge is 0.357 e. The first-order chi connectivity index (χ1) is 12.5. The molecule has 0 bridgehead atoms. The molecule has 3 N–H and O–H groups in total. The van der Waals surface area contributed by atoms with Gasteiger partial charge in [0.25, 0.3) is 0 Å². The van der Waals surface area contributed by atoms with E-state index in [0.717, 1.165) is 37.5 Å². The third-order valence-electron chi connectivity index (χ3n) is 4.23. The standard InChI is InChI=1S/C16H28ClN5O2S2/c1-3-18-16(20-12-13-6-5-11-22(13)4-2)19-9-10-21-26(23,24)15-8-7-14(17)25-15/h7-8,13,21H,3-6,9-12H2,1-2H3,(H2,18,19,20). The van der Waals surface area contributed by atoms with Crippen LogP contribution in [0.1, 0.15) is 26.7 Å². The number of sulfonamides is 1. The zero-order valence-electron chi connectivity index (χ0n) is 15.3. The highest BCUT2D eigenvalue weighted by atomic mass is 35.5. The van der Waals surface area contributed by atoms with E-state index < -0.39 is 10.0 Å². The molecule has 0 aromatic carbocycles. The minimum atomic E-state index is -3.51. The van der Waals surface area contributed by atoms with Crippen LogP contribution in [-0.2, 0) is 10.0 Å². The van der Waals surface area contributed by atoms with Crippen LogP contribution in [0.3, 0.4) is 0 Å². The van der Waals surface area contributed by atoms with E-state index >= 15 is 0 Å². The highest BCUT2D eigenvalue weighted by Crippen LogP contribution is 2.25. The van der Waals surface area contributed by atoms with Crippen molar-refractivity contribution in [1.82, 2.24) is 20.3 Å². The average Bonchev–Trinajstić information content (AvgIpc) is 3.25. The van der Waals surface area contributed by atoms with Gasteiger partial charge in [-0.3, -0.25) is 9.89 Å². The molecule has 1 atom stereocenters. The van der Waals surface area contributed by atoms with Crippen LogP contribution in [0.4, 0.5) is 0 Å². The zero-order chi connectivity index (χ0) is 19.0. The molecule has 1 aliphatic heterocycles. The lowest BCUT2D eigenvalue weighted by Crippen LogP contribution is -2.42. The molecule has 1 unspecified atom stereocenters. The Morgan fingerprint density at radius 2 is 2.15 bits per heavy atom. The van der Waals surface area contributed by atoms with E-state index in [1.165, 1.54) is 18.9 Å². The molecule has 1 aromatic rings. The Kier molecular flexibility index (Phi) is 8.62. The summed E-state index contributed by atoms with van der Waals surface area (Å²) in [5, 5.41) is 6.38. The fourth-order valence-electron chi connectivity index (χ4n) is 2.94. The number of nitrogens with one attached hydrogen (secondary N) is 3. The molecule has 1 saturated heterocycles. The molecule has 1 fully saturated rings. The molecule has 7 nitrogen and oxygen atoms in total. The van der Waals surface area contributed by atoms with E-state index in [-0.39, 0.29) is 10.8 Å². The van der Waals surface area contributed by atoms with E-state index in [4.69, 9.17) is 11.6 Å². The molecule has 0 spiro atoms. The normalized spacial score (nSPS) is 19.0.